The monoisotopic (exact) mass is 403 g/mol. The summed E-state index contributed by atoms with van der Waals surface area (Å²) in [6, 6.07) is 19.7. The first-order valence-corrected chi connectivity index (χ1v) is 8.83. The summed E-state index contributed by atoms with van der Waals surface area (Å²) in [6.07, 6.45) is 0. The summed E-state index contributed by atoms with van der Waals surface area (Å²) in [6.45, 7) is 0. The van der Waals surface area contributed by atoms with Crippen molar-refractivity contribution in [1.29, 1.82) is 0 Å². The zero-order chi connectivity index (χ0) is 21.3. The van der Waals surface area contributed by atoms with Crippen molar-refractivity contribution in [2.24, 2.45) is 0 Å². The highest BCUT2D eigenvalue weighted by atomic mass is 16.2. The van der Waals surface area contributed by atoms with Crippen LogP contribution in [0.5, 0.6) is 0 Å². The summed E-state index contributed by atoms with van der Waals surface area (Å²) in [5.41, 5.74) is 0.699. The Labute approximate surface area is 171 Å². The first kappa shape index (κ1) is 20.2. The minimum atomic E-state index is -0.799. The number of nitrogens with zero attached hydrogens (tertiary/aromatic N) is 1. The third-order valence-electron chi connectivity index (χ3n) is 3.73. The van der Waals surface area contributed by atoms with Crippen LogP contribution >= 0.6 is 0 Å². The van der Waals surface area contributed by atoms with Gasteiger partial charge >= 0.3 is 12.1 Å². The van der Waals surface area contributed by atoms with Crippen molar-refractivity contribution < 1.29 is 19.2 Å². The predicted molar refractivity (Wildman–Crippen MR) is 110 cm³/mol. The SMILES string of the molecule is O=C(NC(=O)c1cccc(C(=O)NC(=O)Nc2ccccc2)n1)Nc1ccccc1. The average molecular weight is 403 g/mol. The number of imide groups is 2. The zero-order valence-corrected chi connectivity index (χ0v) is 15.6. The van der Waals surface area contributed by atoms with Crippen molar-refractivity contribution in [3.63, 3.8) is 0 Å². The fourth-order valence-electron chi connectivity index (χ4n) is 2.39. The molecule has 1 heterocycles. The molecule has 0 radical (unpaired) electrons. The van der Waals surface area contributed by atoms with Crippen LogP contribution in [0.3, 0.4) is 0 Å². The van der Waals surface area contributed by atoms with Crippen LogP contribution in [0.15, 0.2) is 78.9 Å². The Hall–Kier alpha value is -4.53. The van der Waals surface area contributed by atoms with Gasteiger partial charge in [0.2, 0.25) is 0 Å². The van der Waals surface area contributed by atoms with Crippen molar-refractivity contribution in [2.75, 3.05) is 10.6 Å². The second-order valence-corrected chi connectivity index (χ2v) is 5.96. The Kier molecular flexibility index (Phi) is 6.47. The molecule has 9 heteroatoms. The number of carbonyl (C=O) groups is 4. The summed E-state index contributed by atoms with van der Waals surface area (Å²) in [7, 11) is 0. The lowest BCUT2D eigenvalue weighted by Crippen LogP contribution is -2.36. The molecule has 30 heavy (non-hydrogen) atoms. The summed E-state index contributed by atoms with van der Waals surface area (Å²) >= 11 is 0. The number of benzene rings is 2. The van der Waals surface area contributed by atoms with Gasteiger partial charge in [-0.15, -0.1) is 0 Å². The third-order valence-corrected chi connectivity index (χ3v) is 3.73. The number of hydrogen-bond acceptors (Lipinski definition) is 5. The summed E-state index contributed by atoms with van der Waals surface area (Å²) in [5, 5.41) is 9.24. The van der Waals surface area contributed by atoms with Crippen LogP contribution < -0.4 is 21.3 Å². The lowest BCUT2D eigenvalue weighted by atomic mass is 10.2. The smallest absolute Gasteiger partial charge is 0.308 e. The highest BCUT2D eigenvalue weighted by molar-refractivity contribution is 6.09. The van der Waals surface area contributed by atoms with E-state index >= 15 is 0 Å². The lowest BCUT2D eigenvalue weighted by Gasteiger charge is -2.08. The quantitative estimate of drug-likeness (QED) is 0.532. The summed E-state index contributed by atoms with van der Waals surface area (Å²) in [4.78, 5) is 52.2. The second kappa shape index (κ2) is 9.60. The minimum Gasteiger partial charge on any atom is -0.308 e. The van der Waals surface area contributed by atoms with E-state index in [1.54, 1.807) is 60.7 Å². The maximum Gasteiger partial charge on any atom is 0.326 e. The number of anilines is 2. The molecule has 150 valence electrons. The fraction of sp³-hybridized carbons (Fsp3) is 0. The standard InChI is InChI=1S/C21H17N5O4/c27-18(25-20(29)22-14-8-3-1-4-9-14)16-12-7-13-17(24-16)19(28)26-21(30)23-15-10-5-2-6-11-15/h1-13H,(H2,22,25,27,29)(H2,23,26,28,30). The van der Waals surface area contributed by atoms with Crippen LogP contribution in [0.4, 0.5) is 21.0 Å². The molecule has 0 saturated heterocycles. The number of aromatic nitrogens is 1. The molecule has 0 atom stereocenters. The first-order chi connectivity index (χ1) is 14.5. The van der Waals surface area contributed by atoms with Gasteiger partial charge in [-0.25, -0.2) is 14.6 Å². The predicted octanol–water partition coefficient (Wildman–Crippen LogP) is 3.01. The van der Waals surface area contributed by atoms with E-state index in [1.165, 1.54) is 18.2 Å². The van der Waals surface area contributed by atoms with Crippen molar-refractivity contribution in [3.8, 4) is 0 Å². The molecule has 2 aromatic carbocycles. The Morgan fingerprint density at radius 2 is 0.933 bits per heavy atom. The van der Waals surface area contributed by atoms with E-state index < -0.39 is 23.9 Å². The second-order valence-electron chi connectivity index (χ2n) is 5.96. The molecule has 0 saturated carbocycles. The number of para-hydroxylation sites is 2. The van der Waals surface area contributed by atoms with E-state index in [-0.39, 0.29) is 11.4 Å². The maximum absolute atomic E-state index is 12.2. The molecule has 3 rings (SSSR count). The highest BCUT2D eigenvalue weighted by Crippen LogP contribution is 2.06. The molecule has 0 unspecified atom stereocenters. The molecule has 0 aliphatic carbocycles. The topological polar surface area (TPSA) is 129 Å². The molecule has 6 amide bonds. The zero-order valence-electron chi connectivity index (χ0n) is 15.6. The molecule has 1 aromatic heterocycles. The van der Waals surface area contributed by atoms with E-state index in [9.17, 15) is 19.2 Å². The first-order valence-electron chi connectivity index (χ1n) is 8.83. The van der Waals surface area contributed by atoms with Crippen LogP contribution in [0.25, 0.3) is 0 Å². The van der Waals surface area contributed by atoms with Gasteiger partial charge in [0, 0.05) is 11.4 Å². The number of carbonyl (C=O) groups excluding carboxylic acids is 4. The van der Waals surface area contributed by atoms with E-state index in [0.717, 1.165) is 0 Å². The molecule has 0 spiro atoms. The largest absolute Gasteiger partial charge is 0.326 e. The molecular formula is C21H17N5O4. The summed E-state index contributed by atoms with van der Waals surface area (Å²) in [5.74, 6) is -1.60. The van der Waals surface area contributed by atoms with Gasteiger partial charge in [0.15, 0.2) is 0 Å². The van der Waals surface area contributed by atoms with Crippen molar-refractivity contribution in [3.05, 3.63) is 90.3 Å². The molecule has 3 aromatic rings. The molecule has 9 nitrogen and oxygen atoms in total. The molecular weight excluding hydrogens is 386 g/mol. The Morgan fingerprint density at radius 3 is 1.33 bits per heavy atom. The molecule has 0 bridgehead atoms. The molecule has 0 fully saturated rings. The molecule has 0 aliphatic heterocycles. The van der Waals surface area contributed by atoms with Crippen molar-refractivity contribution >= 4 is 35.3 Å². The van der Waals surface area contributed by atoms with Gasteiger partial charge < -0.3 is 10.6 Å². The lowest BCUT2D eigenvalue weighted by molar-refractivity contribution is 0.0959. The molecule has 0 aliphatic rings. The fourth-order valence-corrected chi connectivity index (χ4v) is 2.39. The van der Waals surface area contributed by atoms with Crippen molar-refractivity contribution in [1.82, 2.24) is 15.6 Å². The minimum absolute atomic E-state index is 0.158. The van der Waals surface area contributed by atoms with Gasteiger partial charge in [-0.2, -0.15) is 0 Å². The van der Waals surface area contributed by atoms with E-state index in [4.69, 9.17) is 0 Å². The van der Waals surface area contributed by atoms with Crippen LogP contribution in [0.1, 0.15) is 21.0 Å². The van der Waals surface area contributed by atoms with Gasteiger partial charge in [-0.1, -0.05) is 42.5 Å². The maximum atomic E-state index is 12.2. The molecule has 4 N–H and O–H groups in total. The van der Waals surface area contributed by atoms with Gasteiger partial charge in [-0.05, 0) is 36.4 Å². The number of hydrogen-bond donors (Lipinski definition) is 4. The van der Waals surface area contributed by atoms with Crippen molar-refractivity contribution in [2.45, 2.75) is 0 Å². The Morgan fingerprint density at radius 1 is 0.533 bits per heavy atom. The van der Waals surface area contributed by atoms with E-state index in [1.807, 2.05) is 0 Å². The van der Waals surface area contributed by atoms with Crippen LogP contribution in [-0.2, 0) is 0 Å². The van der Waals surface area contributed by atoms with Crippen LogP contribution in [0, 0.1) is 0 Å². The average Bonchev–Trinajstić information content (AvgIpc) is 2.75. The Bertz CT molecular complexity index is 988. The van der Waals surface area contributed by atoms with Gasteiger partial charge in [0.05, 0.1) is 0 Å². The normalized spacial score (nSPS) is 9.87. The van der Waals surface area contributed by atoms with Crippen LogP contribution in [-0.4, -0.2) is 28.9 Å². The Balaban J connectivity index is 1.59. The summed E-state index contributed by atoms with van der Waals surface area (Å²) < 4.78 is 0. The number of amides is 6. The number of rotatable bonds is 4. The van der Waals surface area contributed by atoms with Crippen LogP contribution in [0.2, 0.25) is 0 Å². The number of nitrogens with one attached hydrogen (secondary N) is 4. The van der Waals surface area contributed by atoms with E-state index in [0.29, 0.717) is 11.4 Å². The third kappa shape index (κ3) is 5.73. The van der Waals surface area contributed by atoms with Gasteiger partial charge in [0.1, 0.15) is 11.4 Å². The number of pyridine rings is 1. The highest BCUT2D eigenvalue weighted by Gasteiger charge is 2.16. The van der Waals surface area contributed by atoms with E-state index in [2.05, 4.69) is 26.3 Å². The van der Waals surface area contributed by atoms with Gasteiger partial charge in [-0.3, -0.25) is 20.2 Å². The van der Waals surface area contributed by atoms with Gasteiger partial charge in [0.25, 0.3) is 11.8 Å². The number of urea groups is 2.